The minimum Gasteiger partial charge on any atom is -0.288 e. The number of nitrogens with zero attached hydrogens (tertiary/aromatic N) is 1. The van der Waals surface area contributed by atoms with Crippen molar-refractivity contribution in [2.45, 2.75) is 38.3 Å². The van der Waals surface area contributed by atoms with Gasteiger partial charge in [0.2, 0.25) is 5.91 Å². The van der Waals surface area contributed by atoms with E-state index in [-0.39, 0.29) is 11.8 Å². The zero-order valence-corrected chi connectivity index (χ0v) is 9.93. The van der Waals surface area contributed by atoms with Gasteiger partial charge in [-0.05, 0) is 18.4 Å². The molecule has 2 atom stereocenters. The molecule has 1 aliphatic carbocycles. The van der Waals surface area contributed by atoms with Gasteiger partial charge < -0.3 is 0 Å². The first-order valence-corrected chi connectivity index (χ1v) is 6.45. The maximum absolute atomic E-state index is 11.9. The molecule has 1 aliphatic heterocycles. The van der Waals surface area contributed by atoms with Crippen LogP contribution in [0.3, 0.4) is 0 Å². The highest BCUT2D eigenvalue weighted by Gasteiger charge is 2.41. The molecular formula is C14H18N2O. The molecule has 3 nitrogen and oxygen atoms in total. The van der Waals surface area contributed by atoms with Crippen molar-refractivity contribution in [3.05, 3.63) is 35.9 Å². The van der Waals surface area contributed by atoms with Gasteiger partial charge in [-0.1, -0.05) is 43.2 Å². The summed E-state index contributed by atoms with van der Waals surface area (Å²) in [5.41, 5.74) is 4.30. The summed E-state index contributed by atoms with van der Waals surface area (Å²) in [5.74, 6) is 0.457. The van der Waals surface area contributed by atoms with Gasteiger partial charge in [0.15, 0.2) is 0 Å². The van der Waals surface area contributed by atoms with Crippen LogP contribution in [0.5, 0.6) is 0 Å². The van der Waals surface area contributed by atoms with Crippen molar-refractivity contribution in [3.63, 3.8) is 0 Å². The average molecular weight is 230 g/mol. The normalized spacial score (nSPS) is 28.8. The van der Waals surface area contributed by atoms with Gasteiger partial charge in [0.05, 0.1) is 5.92 Å². The number of rotatable bonds is 2. The van der Waals surface area contributed by atoms with Crippen LogP contribution < -0.4 is 5.43 Å². The van der Waals surface area contributed by atoms with Crippen LogP contribution in [-0.2, 0) is 11.3 Å². The number of carbonyl (C=O) groups excluding carboxylic acids is 1. The number of hydrogen-bond donors (Lipinski definition) is 1. The summed E-state index contributed by atoms with van der Waals surface area (Å²) in [6.45, 7) is 0.827. The maximum atomic E-state index is 11.9. The van der Waals surface area contributed by atoms with Gasteiger partial charge in [0, 0.05) is 12.6 Å². The molecule has 0 radical (unpaired) electrons. The number of fused-ring (bicyclic) bond motifs is 1. The van der Waals surface area contributed by atoms with E-state index in [1.165, 1.54) is 18.4 Å². The smallest absolute Gasteiger partial charge is 0.239 e. The van der Waals surface area contributed by atoms with Gasteiger partial charge in [0.1, 0.15) is 0 Å². The third-order valence-corrected chi connectivity index (χ3v) is 3.92. The Morgan fingerprint density at radius 3 is 2.76 bits per heavy atom. The molecule has 1 aromatic rings. The van der Waals surface area contributed by atoms with E-state index in [0.717, 1.165) is 19.4 Å². The molecule has 1 saturated carbocycles. The van der Waals surface area contributed by atoms with Gasteiger partial charge in [-0.15, -0.1) is 0 Å². The Labute approximate surface area is 102 Å². The first-order valence-electron chi connectivity index (χ1n) is 6.45. The van der Waals surface area contributed by atoms with Crippen molar-refractivity contribution in [3.8, 4) is 0 Å². The van der Waals surface area contributed by atoms with Crippen LogP contribution in [0.15, 0.2) is 30.3 Å². The van der Waals surface area contributed by atoms with Gasteiger partial charge >= 0.3 is 0 Å². The van der Waals surface area contributed by atoms with Crippen LogP contribution in [0, 0.1) is 5.92 Å². The second-order valence-corrected chi connectivity index (χ2v) is 5.05. The lowest BCUT2D eigenvalue weighted by molar-refractivity contribution is -0.124. The van der Waals surface area contributed by atoms with E-state index in [0.29, 0.717) is 6.04 Å². The second-order valence-electron chi connectivity index (χ2n) is 5.05. The second kappa shape index (κ2) is 4.49. The van der Waals surface area contributed by atoms with Crippen LogP contribution in [0.4, 0.5) is 0 Å². The molecule has 1 N–H and O–H groups in total. The fraction of sp³-hybridized carbons (Fsp3) is 0.500. The Hall–Kier alpha value is -1.35. The van der Waals surface area contributed by atoms with Crippen molar-refractivity contribution in [2.24, 2.45) is 5.92 Å². The van der Waals surface area contributed by atoms with Gasteiger partial charge in [0.25, 0.3) is 0 Å². The van der Waals surface area contributed by atoms with Crippen LogP contribution in [0.1, 0.15) is 31.2 Å². The van der Waals surface area contributed by atoms with E-state index in [1.54, 1.807) is 0 Å². The Morgan fingerprint density at radius 2 is 1.94 bits per heavy atom. The van der Waals surface area contributed by atoms with Crippen molar-refractivity contribution >= 4 is 5.91 Å². The summed E-state index contributed by atoms with van der Waals surface area (Å²) in [6.07, 6.45) is 4.66. The quantitative estimate of drug-likeness (QED) is 0.843. The topological polar surface area (TPSA) is 32.3 Å². The van der Waals surface area contributed by atoms with E-state index in [2.05, 4.69) is 22.6 Å². The van der Waals surface area contributed by atoms with Crippen LogP contribution in [0.25, 0.3) is 0 Å². The molecule has 1 amide bonds. The molecule has 0 bridgehead atoms. The largest absolute Gasteiger partial charge is 0.288 e. The van der Waals surface area contributed by atoms with E-state index < -0.39 is 0 Å². The monoisotopic (exact) mass is 230 g/mol. The minimum absolute atomic E-state index is 0.227. The molecule has 0 spiro atoms. The highest BCUT2D eigenvalue weighted by Crippen LogP contribution is 2.32. The summed E-state index contributed by atoms with van der Waals surface area (Å²) in [5, 5.41) is 2.14. The lowest BCUT2D eigenvalue weighted by atomic mass is 9.85. The van der Waals surface area contributed by atoms with Crippen molar-refractivity contribution < 1.29 is 4.79 Å². The highest BCUT2D eigenvalue weighted by atomic mass is 16.2. The Balaban J connectivity index is 1.74. The average Bonchev–Trinajstić information content (AvgIpc) is 2.69. The Morgan fingerprint density at radius 1 is 1.18 bits per heavy atom. The van der Waals surface area contributed by atoms with Crippen LogP contribution in [0.2, 0.25) is 0 Å². The third-order valence-electron chi connectivity index (χ3n) is 3.92. The zero-order chi connectivity index (χ0) is 11.7. The lowest BCUT2D eigenvalue weighted by Crippen LogP contribution is -2.38. The molecule has 3 rings (SSSR count). The predicted octanol–water partition coefficient (Wildman–Crippen LogP) is 2.09. The summed E-state index contributed by atoms with van der Waals surface area (Å²) < 4.78 is 0. The first-order chi connectivity index (χ1) is 8.34. The number of benzene rings is 1. The Bertz CT molecular complexity index is 404. The van der Waals surface area contributed by atoms with Crippen LogP contribution in [-0.4, -0.2) is 17.0 Å². The molecule has 2 fully saturated rings. The molecule has 0 aromatic heterocycles. The summed E-state index contributed by atoms with van der Waals surface area (Å²) in [4.78, 5) is 11.9. The first kappa shape index (κ1) is 10.8. The zero-order valence-electron chi connectivity index (χ0n) is 9.93. The minimum atomic E-state index is 0.227. The number of carbonyl (C=O) groups is 1. The number of nitrogens with one attached hydrogen (secondary N) is 1. The summed E-state index contributed by atoms with van der Waals surface area (Å²) in [7, 11) is 0. The predicted molar refractivity (Wildman–Crippen MR) is 65.9 cm³/mol. The van der Waals surface area contributed by atoms with E-state index >= 15 is 0 Å². The summed E-state index contributed by atoms with van der Waals surface area (Å²) >= 11 is 0. The molecule has 90 valence electrons. The van der Waals surface area contributed by atoms with Gasteiger partial charge in [-0.3, -0.25) is 10.2 Å². The number of hydrazine groups is 1. The third kappa shape index (κ3) is 2.07. The molecule has 1 aromatic carbocycles. The fourth-order valence-electron chi connectivity index (χ4n) is 3.03. The van der Waals surface area contributed by atoms with Crippen LogP contribution >= 0.6 is 0 Å². The highest BCUT2D eigenvalue weighted by molar-refractivity contribution is 5.81. The molecule has 2 aliphatic rings. The Kier molecular flexibility index (Phi) is 2.85. The number of amides is 1. The molecule has 17 heavy (non-hydrogen) atoms. The van der Waals surface area contributed by atoms with E-state index in [9.17, 15) is 4.79 Å². The van der Waals surface area contributed by atoms with E-state index in [4.69, 9.17) is 0 Å². The van der Waals surface area contributed by atoms with Crippen molar-refractivity contribution in [1.82, 2.24) is 10.4 Å². The molecule has 3 heteroatoms. The number of hydrogen-bond acceptors (Lipinski definition) is 2. The molecule has 1 heterocycles. The van der Waals surface area contributed by atoms with Gasteiger partial charge in [-0.25, -0.2) is 5.01 Å². The lowest BCUT2D eigenvalue weighted by Gasteiger charge is -2.29. The van der Waals surface area contributed by atoms with E-state index in [1.807, 2.05) is 18.2 Å². The molecule has 2 unspecified atom stereocenters. The van der Waals surface area contributed by atoms with Crippen molar-refractivity contribution in [1.29, 1.82) is 0 Å². The van der Waals surface area contributed by atoms with Crippen molar-refractivity contribution in [2.75, 3.05) is 0 Å². The fourth-order valence-corrected chi connectivity index (χ4v) is 3.03. The standard InChI is InChI=1S/C14H18N2O/c17-14-12-8-4-5-9-13(12)16(15-14)10-11-6-2-1-3-7-11/h1-3,6-7,12-13H,4-5,8-10H2,(H,15,17). The SMILES string of the molecule is O=C1NN(Cc2ccccc2)C2CCCCC12. The van der Waals surface area contributed by atoms with Gasteiger partial charge in [-0.2, -0.15) is 0 Å². The molecular weight excluding hydrogens is 212 g/mol. The summed E-state index contributed by atoms with van der Waals surface area (Å²) in [6, 6.07) is 10.8. The maximum Gasteiger partial charge on any atom is 0.239 e. The molecule has 1 saturated heterocycles.